The lowest BCUT2D eigenvalue weighted by Gasteiger charge is -2.07. The van der Waals surface area contributed by atoms with Gasteiger partial charge in [-0.1, -0.05) is 18.2 Å². The molecule has 1 N–H and O–H groups in total. The third-order valence-electron chi connectivity index (χ3n) is 2.23. The highest BCUT2D eigenvalue weighted by Gasteiger charge is 2.04. The summed E-state index contributed by atoms with van der Waals surface area (Å²) in [4.78, 5) is 15.3. The summed E-state index contributed by atoms with van der Waals surface area (Å²) in [6, 6.07) is 9.45. The molecule has 0 fully saturated rings. The first-order chi connectivity index (χ1) is 7.81. The maximum Gasteiger partial charge on any atom is 0.257 e. The van der Waals surface area contributed by atoms with Gasteiger partial charge in [0.2, 0.25) is 0 Å². The van der Waals surface area contributed by atoms with Crippen LogP contribution >= 0.6 is 0 Å². The van der Waals surface area contributed by atoms with Gasteiger partial charge in [-0.05, 0) is 12.1 Å². The average molecular weight is 216 g/mol. The van der Waals surface area contributed by atoms with Gasteiger partial charge in [0.25, 0.3) is 5.91 Å². The summed E-state index contributed by atoms with van der Waals surface area (Å²) in [6.45, 7) is 0.00614. The lowest BCUT2D eigenvalue weighted by atomic mass is 10.2. The number of likely N-dealkylation sites (N-methyl/N-ethyl adjacent to an activating group) is 1. The Labute approximate surface area is 93.3 Å². The van der Waals surface area contributed by atoms with Crippen molar-refractivity contribution in [2.75, 3.05) is 13.7 Å². The lowest BCUT2D eigenvalue weighted by molar-refractivity contribution is -0.122. The number of nitrogens with zero attached hydrogens (tertiary/aromatic N) is 1. The third-order valence-corrected chi connectivity index (χ3v) is 2.23. The molecule has 0 aliphatic heterocycles. The fourth-order valence-electron chi connectivity index (χ4n) is 1.41. The number of para-hydroxylation sites is 1. The van der Waals surface area contributed by atoms with E-state index in [1.165, 1.54) is 0 Å². The SMILES string of the molecule is CNC(=O)COc1cccc2cccnc12. The normalized spacial score (nSPS) is 10.1. The largest absolute Gasteiger partial charge is 0.481 e. The Morgan fingerprint density at radius 3 is 3.00 bits per heavy atom. The van der Waals surface area contributed by atoms with Gasteiger partial charge in [0.05, 0.1) is 0 Å². The number of benzene rings is 1. The minimum absolute atomic E-state index is 0.00614. The monoisotopic (exact) mass is 216 g/mol. The van der Waals surface area contributed by atoms with E-state index in [9.17, 15) is 4.79 Å². The number of rotatable bonds is 3. The molecule has 16 heavy (non-hydrogen) atoms. The Morgan fingerprint density at radius 2 is 2.19 bits per heavy atom. The van der Waals surface area contributed by atoms with Crippen molar-refractivity contribution in [3.05, 3.63) is 36.5 Å². The van der Waals surface area contributed by atoms with Crippen molar-refractivity contribution in [3.8, 4) is 5.75 Å². The molecule has 1 amide bonds. The molecular weight excluding hydrogens is 204 g/mol. The van der Waals surface area contributed by atoms with Crippen LogP contribution in [0.4, 0.5) is 0 Å². The van der Waals surface area contributed by atoms with Crippen LogP contribution < -0.4 is 10.1 Å². The van der Waals surface area contributed by atoms with Crippen LogP contribution in [-0.4, -0.2) is 24.5 Å². The van der Waals surface area contributed by atoms with E-state index in [4.69, 9.17) is 4.74 Å². The van der Waals surface area contributed by atoms with Crippen molar-refractivity contribution in [2.24, 2.45) is 0 Å². The number of nitrogens with one attached hydrogen (secondary N) is 1. The number of amides is 1. The quantitative estimate of drug-likeness (QED) is 0.842. The molecule has 0 aliphatic carbocycles. The minimum atomic E-state index is -0.159. The van der Waals surface area contributed by atoms with Gasteiger partial charge in [-0.25, -0.2) is 0 Å². The van der Waals surface area contributed by atoms with Gasteiger partial charge in [-0.15, -0.1) is 0 Å². The number of hydrogen-bond acceptors (Lipinski definition) is 3. The zero-order valence-electron chi connectivity index (χ0n) is 8.93. The van der Waals surface area contributed by atoms with Crippen molar-refractivity contribution in [1.82, 2.24) is 10.3 Å². The van der Waals surface area contributed by atoms with Gasteiger partial charge < -0.3 is 10.1 Å². The van der Waals surface area contributed by atoms with Crippen LogP contribution in [0.25, 0.3) is 10.9 Å². The molecule has 2 rings (SSSR count). The molecule has 0 unspecified atom stereocenters. The van der Waals surface area contributed by atoms with Gasteiger partial charge >= 0.3 is 0 Å². The maximum absolute atomic E-state index is 11.1. The maximum atomic E-state index is 11.1. The van der Waals surface area contributed by atoms with Gasteiger partial charge in [-0.2, -0.15) is 0 Å². The second-order valence-corrected chi connectivity index (χ2v) is 3.29. The second-order valence-electron chi connectivity index (χ2n) is 3.29. The summed E-state index contributed by atoms with van der Waals surface area (Å²) in [5.74, 6) is 0.467. The molecule has 0 spiro atoms. The summed E-state index contributed by atoms with van der Waals surface area (Å²) >= 11 is 0. The van der Waals surface area contributed by atoms with Crippen molar-refractivity contribution < 1.29 is 9.53 Å². The average Bonchev–Trinajstić information content (AvgIpc) is 2.35. The van der Waals surface area contributed by atoms with E-state index in [1.54, 1.807) is 19.3 Å². The van der Waals surface area contributed by atoms with Gasteiger partial charge in [-0.3, -0.25) is 9.78 Å². The van der Waals surface area contributed by atoms with Crippen LogP contribution in [0.2, 0.25) is 0 Å². The molecule has 1 heterocycles. The molecule has 4 heteroatoms. The zero-order valence-corrected chi connectivity index (χ0v) is 8.93. The predicted molar refractivity (Wildman–Crippen MR) is 61.3 cm³/mol. The fraction of sp³-hybridized carbons (Fsp3) is 0.167. The number of ether oxygens (including phenoxy) is 1. The summed E-state index contributed by atoms with van der Waals surface area (Å²) < 4.78 is 5.40. The molecule has 0 saturated carbocycles. The smallest absolute Gasteiger partial charge is 0.257 e. The van der Waals surface area contributed by atoms with E-state index in [2.05, 4.69) is 10.3 Å². The number of fused-ring (bicyclic) bond motifs is 1. The molecule has 0 aliphatic rings. The molecule has 4 nitrogen and oxygen atoms in total. The highest BCUT2D eigenvalue weighted by molar-refractivity contribution is 5.84. The Balaban J connectivity index is 2.27. The first-order valence-electron chi connectivity index (χ1n) is 4.98. The Morgan fingerprint density at radius 1 is 1.38 bits per heavy atom. The highest BCUT2D eigenvalue weighted by atomic mass is 16.5. The van der Waals surface area contributed by atoms with E-state index < -0.39 is 0 Å². The van der Waals surface area contributed by atoms with Gasteiger partial charge in [0, 0.05) is 18.6 Å². The fourth-order valence-corrected chi connectivity index (χ4v) is 1.41. The Bertz CT molecular complexity index is 506. The molecule has 1 aromatic heterocycles. The molecule has 0 saturated heterocycles. The van der Waals surface area contributed by atoms with E-state index >= 15 is 0 Å². The molecule has 0 bridgehead atoms. The van der Waals surface area contributed by atoms with Crippen molar-refractivity contribution in [1.29, 1.82) is 0 Å². The van der Waals surface area contributed by atoms with Gasteiger partial charge in [0.1, 0.15) is 11.3 Å². The molecule has 0 atom stereocenters. The second kappa shape index (κ2) is 4.61. The van der Waals surface area contributed by atoms with Crippen LogP contribution in [-0.2, 0) is 4.79 Å². The summed E-state index contributed by atoms with van der Waals surface area (Å²) in [7, 11) is 1.58. The lowest BCUT2D eigenvalue weighted by Crippen LogP contribution is -2.24. The number of carbonyl (C=O) groups excluding carboxylic acids is 1. The van der Waals surface area contributed by atoms with E-state index in [0.29, 0.717) is 5.75 Å². The summed E-state index contributed by atoms with van der Waals surface area (Å²) in [5, 5.41) is 3.50. The highest BCUT2D eigenvalue weighted by Crippen LogP contribution is 2.22. The Hall–Kier alpha value is -2.10. The van der Waals surface area contributed by atoms with Crippen LogP contribution in [0.15, 0.2) is 36.5 Å². The zero-order chi connectivity index (χ0) is 11.4. The van der Waals surface area contributed by atoms with E-state index in [1.807, 2.05) is 24.3 Å². The third kappa shape index (κ3) is 2.11. The number of pyridine rings is 1. The number of hydrogen-bond donors (Lipinski definition) is 1. The molecule has 82 valence electrons. The molecule has 1 aromatic carbocycles. The van der Waals surface area contributed by atoms with Crippen LogP contribution in [0, 0.1) is 0 Å². The Kier molecular flexibility index (Phi) is 3.00. The minimum Gasteiger partial charge on any atom is -0.481 e. The summed E-state index contributed by atoms with van der Waals surface area (Å²) in [6.07, 6.45) is 1.70. The number of aromatic nitrogens is 1. The molecular formula is C12H12N2O2. The standard InChI is InChI=1S/C12H12N2O2/c1-13-11(15)8-16-10-6-2-4-9-5-3-7-14-12(9)10/h2-7H,8H2,1H3,(H,13,15). The van der Waals surface area contributed by atoms with Crippen LogP contribution in [0.5, 0.6) is 5.75 Å². The van der Waals surface area contributed by atoms with Crippen LogP contribution in [0.1, 0.15) is 0 Å². The van der Waals surface area contributed by atoms with Crippen LogP contribution in [0.3, 0.4) is 0 Å². The molecule has 0 radical (unpaired) electrons. The van der Waals surface area contributed by atoms with Gasteiger partial charge in [0.15, 0.2) is 6.61 Å². The van der Waals surface area contributed by atoms with E-state index in [0.717, 1.165) is 10.9 Å². The van der Waals surface area contributed by atoms with Crippen molar-refractivity contribution in [2.45, 2.75) is 0 Å². The van der Waals surface area contributed by atoms with Crippen molar-refractivity contribution >= 4 is 16.8 Å². The first kappa shape index (κ1) is 10.4. The summed E-state index contributed by atoms with van der Waals surface area (Å²) in [5.41, 5.74) is 0.772. The predicted octanol–water partition coefficient (Wildman–Crippen LogP) is 1.36. The molecule has 2 aromatic rings. The first-order valence-corrected chi connectivity index (χ1v) is 4.98. The van der Waals surface area contributed by atoms with Crippen molar-refractivity contribution in [3.63, 3.8) is 0 Å². The van der Waals surface area contributed by atoms with E-state index in [-0.39, 0.29) is 12.5 Å². The number of carbonyl (C=O) groups is 1. The topological polar surface area (TPSA) is 51.2 Å².